The average Bonchev–Trinajstić information content (AvgIpc) is 3.14. The number of para-hydroxylation sites is 1. The number of aliphatic hydroxyl groups excluding tert-OH is 1. The first-order valence-corrected chi connectivity index (χ1v) is 10.6. The fraction of sp³-hybridized carbons (Fsp3) is 0.364. The van der Waals surface area contributed by atoms with Gasteiger partial charge < -0.3 is 20.1 Å². The van der Waals surface area contributed by atoms with Crippen molar-refractivity contribution in [3.63, 3.8) is 0 Å². The first-order valence-electron chi connectivity index (χ1n) is 9.81. The van der Waals surface area contributed by atoms with Gasteiger partial charge in [-0.25, -0.2) is 0 Å². The van der Waals surface area contributed by atoms with E-state index in [0.717, 1.165) is 17.7 Å². The van der Waals surface area contributed by atoms with Crippen molar-refractivity contribution in [2.45, 2.75) is 25.9 Å². The molecule has 2 aromatic rings. The summed E-state index contributed by atoms with van der Waals surface area (Å²) in [6, 6.07) is 12.7. The maximum absolute atomic E-state index is 12.5. The van der Waals surface area contributed by atoms with E-state index in [1.54, 1.807) is 23.1 Å². The van der Waals surface area contributed by atoms with Crippen molar-refractivity contribution in [2.24, 2.45) is 5.92 Å². The molecular weight excluding hydrogens is 427 g/mol. The zero-order valence-corrected chi connectivity index (χ0v) is 18.1. The number of amides is 2. The van der Waals surface area contributed by atoms with E-state index < -0.39 is 12.0 Å². The molecular formula is C22H24Cl2N2O4. The maximum atomic E-state index is 12.5. The molecule has 0 spiro atoms. The second-order valence-electron chi connectivity index (χ2n) is 7.15. The Hall–Kier alpha value is -2.28. The molecule has 3 rings (SSSR count). The maximum Gasteiger partial charge on any atom is 0.227 e. The van der Waals surface area contributed by atoms with E-state index in [2.05, 4.69) is 5.32 Å². The van der Waals surface area contributed by atoms with E-state index in [1.807, 2.05) is 31.2 Å². The van der Waals surface area contributed by atoms with E-state index in [-0.39, 0.29) is 36.4 Å². The van der Waals surface area contributed by atoms with Crippen LogP contribution in [0, 0.1) is 5.92 Å². The predicted molar refractivity (Wildman–Crippen MR) is 117 cm³/mol. The van der Waals surface area contributed by atoms with Gasteiger partial charge in [-0.15, -0.1) is 0 Å². The average molecular weight is 451 g/mol. The Morgan fingerprint density at radius 3 is 2.80 bits per heavy atom. The largest absolute Gasteiger partial charge is 0.489 e. The first-order chi connectivity index (χ1) is 14.4. The number of carbonyl (C=O) groups excluding carboxylic acids is 2. The summed E-state index contributed by atoms with van der Waals surface area (Å²) in [6.07, 6.45) is 0.0202. The SMILES string of the molecule is CCc1ccccc1N1CC(C(=O)NCC(O)COc2cccc(Cl)c2Cl)CC1=O. The van der Waals surface area contributed by atoms with Gasteiger partial charge in [0.25, 0.3) is 0 Å². The van der Waals surface area contributed by atoms with E-state index in [0.29, 0.717) is 17.3 Å². The van der Waals surface area contributed by atoms with Crippen LogP contribution < -0.4 is 15.0 Å². The van der Waals surface area contributed by atoms with Crippen LogP contribution in [0.5, 0.6) is 5.75 Å². The highest BCUT2D eigenvalue weighted by molar-refractivity contribution is 6.42. The molecule has 2 unspecified atom stereocenters. The summed E-state index contributed by atoms with van der Waals surface area (Å²) >= 11 is 12.0. The minimum absolute atomic E-state index is 0.00720. The molecule has 2 aromatic carbocycles. The molecule has 2 atom stereocenters. The number of halogens is 2. The van der Waals surface area contributed by atoms with Crippen LogP contribution in [0.2, 0.25) is 10.0 Å². The minimum Gasteiger partial charge on any atom is -0.489 e. The van der Waals surface area contributed by atoms with Crippen molar-refractivity contribution in [3.05, 3.63) is 58.1 Å². The molecule has 1 aliphatic rings. The first kappa shape index (κ1) is 22.4. The number of aryl methyl sites for hydroxylation is 1. The number of hydrogen-bond donors (Lipinski definition) is 2. The highest BCUT2D eigenvalue weighted by atomic mass is 35.5. The second-order valence-corrected chi connectivity index (χ2v) is 7.93. The minimum atomic E-state index is -0.932. The van der Waals surface area contributed by atoms with Crippen LogP contribution in [0.4, 0.5) is 5.69 Å². The van der Waals surface area contributed by atoms with Gasteiger partial charge in [0.2, 0.25) is 11.8 Å². The topological polar surface area (TPSA) is 78.9 Å². The summed E-state index contributed by atoms with van der Waals surface area (Å²) in [4.78, 5) is 26.7. The van der Waals surface area contributed by atoms with Crippen molar-refractivity contribution in [2.75, 3.05) is 24.6 Å². The third kappa shape index (κ3) is 5.25. The smallest absolute Gasteiger partial charge is 0.227 e. The summed E-state index contributed by atoms with van der Waals surface area (Å²) in [5.74, 6) is -0.436. The van der Waals surface area contributed by atoms with Gasteiger partial charge >= 0.3 is 0 Å². The molecule has 1 heterocycles. The molecule has 8 heteroatoms. The number of ether oxygens (including phenoxy) is 1. The van der Waals surface area contributed by atoms with Gasteiger partial charge in [0.1, 0.15) is 23.5 Å². The van der Waals surface area contributed by atoms with Gasteiger partial charge in [-0.1, -0.05) is 54.4 Å². The fourth-order valence-corrected chi connectivity index (χ4v) is 3.74. The number of rotatable bonds is 8. The van der Waals surface area contributed by atoms with Crippen molar-refractivity contribution in [1.82, 2.24) is 5.32 Å². The molecule has 1 fully saturated rings. The van der Waals surface area contributed by atoms with E-state index >= 15 is 0 Å². The molecule has 1 saturated heterocycles. The summed E-state index contributed by atoms with van der Waals surface area (Å²) < 4.78 is 5.47. The second kappa shape index (κ2) is 10.2. The fourth-order valence-electron chi connectivity index (χ4n) is 3.39. The molecule has 0 bridgehead atoms. The van der Waals surface area contributed by atoms with Crippen LogP contribution in [0.1, 0.15) is 18.9 Å². The Balaban J connectivity index is 1.50. The van der Waals surface area contributed by atoms with Crippen LogP contribution in [0.3, 0.4) is 0 Å². The van der Waals surface area contributed by atoms with Crippen LogP contribution in [0.25, 0.3) is 0 Å². The van der Waals surface area contributed by atoms with Crippen LogP contribution in [-0.2, 0) is 16.0 Å². The molecule has 6 nitrogen and oxygen atoms in total. The lowest BCUT2D eigenvalue weighted by molar-refractivity contribution is -0.126. The third-order valence-corrected chi connectivity index (χ3v) is 5.82. The van der Waals surface area contributed by atoms with Crippen molar-refractivity contribution < 1.29 is 19.4 Å². The molecule has 1 aliphatic heterocycles. The molecule has 2 amide bonds. The highest BCUT2D eigenvalue weighted by Gasteiger charge is 2.35. The molecule has 0 radical (unpaired) electrons. The summed E-state index contributed by atoms with van der Waals surface area (Å²) in [7, 11) is 0. The van der Waals surface area contributed by atoms with Crippen LogP contribution in [-0.4, -0.2) is 42.7 Å². The number of aliphatic hydroxyl groups is 1. The Morgan fingerprint density at radius 2 is 2.03 bits per heavy atom. The quantitative estimate of drug-likeness (QED) is 0.645. The van der Waals surface area contributed by atoms with Gasteiger partial charge in [-0.3, -0.25) is 9.59 Å². The lowest BCUT2D eigenvalue weighted by Gasteiger charge is -2.20. The Bertz CT molecular complexity index is 922. The van der Waals surface area contributed by atoms with E-state index in [4.69, 9.17) is 27.9 Å². The summed E-state index contributed by atoms with van der Waals surface area (Å²) in [5.41, 5.74) is 1.92. The lowest BCUT2D eigenvalue weighted by atomic mass is 10.1. The van der Waals surface area contributed by atoms with Crippen LogP contribution >= 0.6 is 23.2 Å². The van der Waals surface area contributed by atoms with Gasteiger partial charge in [-0.2, -0.15) is 0 Å². The zero-order chi connectivity index (χ0) is 21.7. The molecule has 0 aliphatic carbocycles. The predicted octanol–water partition coefficient (Wildman–Crippen LogP) is 3.46. The van der Waals surface area contributed by atoms with Crippen molar-refractivity contribution in [1.29, 1.82) is 0 Å². The summed E-state index contributed by atoms with van der Waals surface area (Å²) in [6.45, 7) is 2.31. The van der Waals surface area contributed by atoms with Crippen LogP contribution in [0.15, 0.2) is 42.5 Å². The monoisotopic (exact) mass is 450 g/mol. The molecule has 0 saturated carbocycles. The number of nitrogens with zero attached hydrogens (tertiary/aromatic N) is 1. The van der Waals surface area contributed by atoms with Gasteiger partial charge in [0, 0.05) is 25.2 Å². The van der Waals surface area contributed by atoms with E-state index in [1.165, 1.54) is 0 Å². The lowest BCUT2D eigenvalue weighted by Crippen LogP contribution is -2.39. The molecule has 30 heavy (non-hydrogen) atoms. The summed E-state index contributed by atoms with van der Waals surface area (Å²) in [5, 5.41) is 13.4. The van der Waals surface area contributed by atoms with Crippen molar-refractivity contribution >= 4 is 40.7 Å². The third-order valence-electron chi connectivity index (χ3n) is 5.02. The highest BCUT2D eigenvalue weighted by Crippen LogP contribution is 2.31. The standard InChI is InChI=1S/C22H24Cl2N2O4/c1-2-14-6-3-4-8-18(14)26-12-15(10-20(26)28)22(29)25-11-16(27)13-30-19-9-5-7-17(23)21(19)24/h3-9,15-16,27H,2,10-13H2,1H3,(H,25,29). The van der Waals surface area contributed by atoms with Gasteiger partial charge in [0.05, 0.1) is 10.9 Å². The molecule has 2 N–H and O–H groups in total. The number of benzene rings is 2. The zero-order valence-electron chi connectivity index (χ0n) is 16.6. The Kier molecular flexibility index (Phi) is 7.58. The van der Waals surface area contributed by atoms with E-state index in [9.17, 15) is 14.7 Å². The number of carbonyl (C=O) groups is 2. The van der Waals surface area contributed by atoms with Gasteiger partial charge in [0.15, 0.2) is 0 Å². The Labute approximate surface area is 185 Å². The number of anilines is 1. The number of nitrogens with one attached hydrogen (secondary N) is 1. The Morgan fingerprint density at radius 1 is 1.27 bits per heavy atom. The van der Waals surface area contributed by atoms with Gasteiger partial charge in [-0.05, 0) is 30.2 Å². The van der Waals surface area contributed by atoms with Crippen molar-refractivity contribution in [3.8, 4) is 5.75 Å². The molecule has 0 aromatic heterocycles. The molecule has 160 valence electrons. The normalized spacial score (nSPS) is 17.1. The number of hydrogen-bond acceptors (Lipinski definition) is 4.